The zero-order chi connectivity index (χ0) is 14.0. The Morgan fingerprint density at radius 1 is 1.22 bits per heavy atom. The van der Waals surface area contributed by atoms with E-state index in [9.17, 15) is 21.9 Å². The van der Waals surface area contributed by atoms with Crippen molar-refractivity contribution < 1.29 is 40.0 Å². The summed E-state index contributed by atoms with van der Waals surface area (Å²) in [6, 6.07) is -1.04. The maximum absolute atomic E-state index is 10.5. The Hall–Kier alpha value is -0.340. The molecule has 12 heteroatoms. The first kappa shape index (κ1) is 15.7. The normalized spacial score (nSPS) is 30.3. The maximum atomic E-state index is 10.5. The Morgan fingerprint density at radius 2 is 1.83 bits per heavy atom. The highest BCUT2D eigenvalue weighted by molar-refractivity contribution is 7.83. The molecule has 1 heterocycles. The highest BCUT2D eigenvalue weighted by Crippen LogP contribution is 2.19. The van der Waals surface area contributed by atoms with Gasteiger partial charge in [0.1, 0.15) is 0 Å². The van der Waals surface area contributed by atoms with Crippen molar-refractivity contribution in [3.63, 3.8) is 0 Å². The predicted octanol–water partition coefficient (Wildman–Crippen LogP) is -1.94. The van der Waals surface area contributed by atoms with Crippen molar-refractivity contribution in [2.75, 3.05) is 6.61 Å². The summed E-state index contributed by atoms with van der Waals surface area (Å²) >= 11 is 0. The van der Waals surface area contributed by atoms with Gasteiger partial charge in [-0.3, -0.25) is 9.11 Å². The van der Waals surface area contributed by atoms with Crippen LogP contribution in [0.4, 0.5) is 0 Å². The van der Waals surface area contributed by atoms with Crippen LogP contribution in [0.5, 0.6) is 0 Å². The first-order valence-electron chi connectivity index (χ1n) is 4.77. The van der Waals surface area contributed by atoms with E-state index in [-0.39, 0.29) is 12.8 Å². The van der Waals surface area contributed by atoms with Gasteiger partial charge >= 0.3 is 20.7 Å². The molecule has 0 spiro atoms. The van der Waals surface area contributed by atoms with Crippen molar-refractivity contribution in [1.29, 1.82) is 0 Å². The second-order valence-corrected chi connectivity index (χ2v) is 5.91. The lowest BCUT2D eigenvalue weighted by molar-refractivity contribution is -0.182. The summed E-state index contributed by atoms with van der Waals surface area (Å²) in [6.07, 6.45) is -2.11. The molecule has 0 saturated carbocycles. The summed E-state index contributed by atoms with van der Waals surface area (Å²) in [4.78, 5) is 0. The number of aliphatic hydroxyl groups excluding tert-OH is 1. The van der Waals surface area contributed by atoms with E-state index >= 15 is 0 Å². The number of rotatable bonds is 5. The largest absolute Gasteiger partial charge is 0.397 e. The van der Waals surface area contributed by atoms with Crippen LogP contribution in [0.2, 0.25) is 0 Å². The molecule has 1 aliphatic heterocycles. The van der Waals surface area contributed by atoms with Crippen LogP contribution in [0.15, 0.2) is 0 Å². The minimum atomic E-state index is -4.60. The standard InChI is InChI=1S/C6H13NO9S2/c8-6-5(7-17(9,10)11)2-1-4(16-6)3-15-18(12,13)14/h4-8H,1-3H2,(H,9,10,11)(H,12,13,14). The summed E-state index contributed by atoms with van der Waals surface area (Å²) in [7, 11) is -9.06. The molecule has 10 nitrogen and oxygen atoms in total. The molecule has 18 heavy (non-hydrogen) atoms. The maximum Gasteiger partial charge on any atom is 0.397 e. The number of ether oxygens (including phenoxy) is 1. The van der Waals surface area contributed by atoms with Crippen LogP contribution in [0, 0.1) is 0 Å². The third-order valence-corrected chi connectivity index (χ3v) is 3.21. The molecule has 108 valence electrons. The van der Waals surface area contributed by atoms with E-state index in [2.05, 4.69) is 4.18 Å². The molecule has 3 atom stereocenters. The minimum absolute atomic E-state index is 0.0977. The van der Waals surface area contributed by atoms with E-state index in [1.807, 2.05) is 0 Å². The first-order valence-corrected chi connectivity index (χ1v) is 7.57. The van der Waals surface area contributed by atoms with E-state index in [0.29, 0.717) is 0 Å². The van der Waals surface area contributed by atoms with Gasteiger partial charge < -0.3 is 9.84 Å². The Morgan fingerprint density at radius 3 is 2.28 bits per heavy atom. The second-order valence-electron chi connectivity index (χ2n) is 3.64. The lowest BCUT2D eigenvalue weighted by atomic mass is 10.1. The molecule has 1 fully saturated rings. The molecule has 1 saturated heterocycles. The van der Waals surface area contributed by atoms with E-state index in [1.54, 1.807) is 4.72 Å². The molecule has 0 bridgehead atoms. The first-order chi connectivity index (χ1) is 8.07. The minimum Gasteiger partial charge on any atom is -0.367 e. The van der Waals surface area contributed by atoms with Gasteiger partial charge in [0.05, 0.1) is 18.8 Å². The molecule has 0 aliphatic carbocycles. The topological polar surface area (TPSA) is 159 Å². The van der Waals surface area contributed by atoms with E-state index in [1.165, 1.54) is 0 Å². The van der Waals surface area contributed by atoms with Crippen LogP contribution in [0.25, 0.3) is 0 Å². The van der Waals surface area contributed by atoms with Gasteiger partial charge in [-0.25, -0.2) is 4.18 Å². The van der Waals surface area contributed by atoms with Crippen molar-refractivity contribution in [2.45, 2.75) is 31.3 Å². The molecule has 0 aromatic carbocycles. The highest BCUT2D eigenvalue weighted by Gasteiger charge is 2.32. The Kier molecular flexibility index (Phi) is 5.02. The molecule has 0 aromatic rings. The van der Waals surface area contributed by atoms with Crippen LogP contribution in [0.3, 0.4) is 0 Å². The molecular weight excluding hydrogens is 294 g/mol. The predicted molar refractivity (Wildman–Crippen MR) is 56.1 cm³/mol. The van der Waals surface area contributed by atoms with Gasteiger partial charge in [0.25, 0.3) is 0 Å². The zero-order valence-electron chi connectivity index (χ0n) is 8.96. The van der Waals surface area contributed by atoms with E-state index < -0.39 is 45.7 Å². The third-order valence-electron chi connectivity index (χ3n) is 2.18. The summed E-state index contributed by atoms with van der Waals surface area (Å²) in [5.74, 6) is 0. The zero-order valence-corrected chi connectivity index (χ0v) is 10.6. The fourth-order valence-electron chi connectivity index (χ4n) is 1.46. The van der Waals surface area contributed by atoms with Gasteiger partial charge in [-0.05, 0) is 12.8 Å². The number of nitrogens with one attached hydrogen (secondary N) is 1. The Balaban J connectivity index is 2.46. The lowest BCUT2D eigenvalue weighted by Crippen LogP contribution is -2.49. The fraction of sp³-hybridized carbons (Fsp3) is 1.00. The van der Waals surface area contributed by atoms with Gasteiger partial charge in [-0.15, -0.1) is 0 Å². The summed E-state index contributed by atoms with van der Waals surface area (Å²) < 4.78 is 69.2. The van der Waals surface area contributed by atoms with E-state index in [4.69, 9.17) is 13.8 Å². The summed E-state index contributed by atoms with van der Waals surface area (Å²) in [6.45, 7) is -0.505. The van der Waals surface area contributed by atoms with Crippen molar-refractivity contribution >= 4 is 20.7 Å². The van der Waals surface area contributed by atoms with Crippen molar-refractivity contribution in [2.24, 2.45) is 0 Å². The number of hydrogen-bond acceptors (Lipinski definition) is 7. The average Bonchev–Trinajstić information content (AvgIpc) is 2.15. The number of aliphatic hydroxyl groups is 1. The highest BCUT2D eigenvalue weighted by atomic mass is 32.3. The van der Waals surface area contributed by atoms with Gasteiger partial charge in [-0.2, -0.15) is 21.6 Å². The molecule has 0 aromatic heterocycles. The number of hydrogen-bond donors (Lipinski definition) is 4. The molecule has 0 amide bonds. The van der Waals surface area contributed by atoms with Crippen LogP contribution in [0.1, 0.15) is 12.8 Å². The Labute approximate surface area is 104 Å². The van der Waals surface area contributed by atoms with Gasteiger partial charge in [0, 0.05) is 0 Å². The average molecular weight is 307 g/mol. The van der Waals surface area contributed by atoms with Crippen LogP contribution in [-0.4, -0.2) is 56.1 Å². The van der Waals surface area contributed by atoms with Crippen LogP contribution >= 0.6 is 0 Å². The SMILES string of the molecule is O=S(=O)(O)NC1CCC(COS(=O)(=O)O)OC1O. The lowest BCUT2D eigenvalue weighted by Gasteiger charge is -2.32. The van der Waals surface area contributed by atoms with E-state index in [0.717, 1.165) is 0 Å². The molecule has 3 unspecified atom stereocenters. The molecule has 4 N–H and O–H groups in total. The fourth-order valence-corrected chi connectivity index (χ4v) is 2.40. The van der Waals surface area contributed by atoms with Crippen LogP contribution in [-0.2, 0) is 29.6 Å². The van der Waals surface area contributed by atoms with Gasteiger partial charge in [0.15, 0.2) is 6.29 Å². The summed E-state index contributed by atoms with van der Waals surface area (Å²) in [5.41, 5.74) is 0. The van der Waals surface area contributed by atoms with Crippen molar-refractivity contribution in [3.8, 4) is 0 Å². The molecule has 1 rings (SSSR count). The monoisotopic (exact) mass is 307 g/mol. The Bertz CT molecular complexity index is 471. The second kappa shape index (κ2) is 5.75. The third kappa shape index (κ3) is 6.01. The van der Waals surface area contributed by atoms with Crippen molar-refractivity contribution in [1.82, 2.24) is 4.72 Å². The molecule has 0 radical (unpaired) electrons. The van der Waals surface area contributed by atoms with Crippen LogP contribution < -0.4 is 4.72 Å². The van der Waals surface area contributed by atoms with Crippen molar-refractivity contribution in [3.05, 3.63) is 0 Å². The quantitative estimate of drug-likeness (QED) is 0.424. The molecular formula is C6H13NO9S2. The smallest absolute Gasteiger partial charge is 0.367 e. The van der Waals surface area contributed by atoms with Gasteiger partial charge in [0.2, 0.25) is 0 Å². The summed E-state index contributed by atoms with van der Waals surface area (Å²) in [5, 5.41) is 9.40. The van der Waals surface area contributed by atoms with Gasteiger partial charge in [-0.1, -0.05) is 0 Å². The molecule has 1 aliphatic rings.